The summed E-state index contributed by atoms with van der Waals surface area (Å²) in [6, 6.07) is 15.2. The number of carbonyl (C=O) groups excluding carboxylic acids is 1. The van der Waals surface area contributed by atoms with Crippen molar-refractivity contribution in [2.45, 2.75) is 27.7 Å². The van der Waals surface area contributed by atoms with Crippen molar-refractivity contribution >= 4 is 11.6 Å². The number of hydrogen-bond acceptors (Lipinski definition) is 5. The van der Waals surface area contributed by atoms with Crippen LogP contribution in [0.2, 0.25) is 0 Å². The molecule has 7 heteroatoms. The van der Waals surface area contributed by atoms with Crippen molar-refractivity contribution in [3.8, 4) is 22.8 Å². The van der Waals surface area contributed by atoms with Crippen LogP contribution in [-0.4, -0.2) is 35.0 Å². The summed E-state index contributed by atoms with van der Waals surface area (Å²) in [5, 5.41) is 11.3. The third-order valence-corrected chi connectivity index (χ3v) is 4.58. The summed E-state index contributed by atoms with van der Waals surface area (Å²) in [4.78, 5) is 12.6. The van der Waals surface area contributed by atoms with Gasteiger partial charge in [-0.15, -0.1) is 0 Å². The highest BCUT2D eigenvalue weighted by Gasteiger charge is 2.17. The highest BCUT2D eigenvalue weighted by Crippen LogP contribution is 2.25. The van der Waals surface area contributed by atoms with Crippen LogP contribution in [-0.2, 0) is 0 Å². The van der Waals surface area contributed by atoms with Gasteiger partial charge in [0.25, 0.3) is 5.91 Å². The fraction of sp³-hybridized carbons (Fsp3) is 0.261. The first kappa shape index (κ1) is 21.1. The molecule has 2 N–H and O–H groups in total. The number of aromatic nitrogens is 2. The average molecular weight is 406 g/mol. The topological polar surface area (TPSA) is 88.6 Å². The van der Waals surface area contributed by atoms with Gasteiger partial charge in [-0.1, -0.05) is 0 Å². The van der Waals surface area contributed by atoms with E-state index in [1.807, 2.05) is 76.2 Å². The molecular weight excluding hydrogens is 380 g/mol. The molecule has 1 heterocycles. The van der Waals surface area contributed by atoms with Gasteiger partial charge in [-0.3, -0.25) is 9.89 Å². The molecule has 0 fully saturated rings. The first-order valence-corrected chi connectivity index (χ1v) is 9.89. The van der Waals surface area contributed by atoms with Gasteiger partial charge in [0.1, 0.15) is 17.2 Å². The van der Waals surface area contributed by atoms with Crippen molar-refractivity contribution < 1.29 is 14.3 Å². The van der Waals surface area contributed by atoms with Crippen molar-refractivity contribution in [3.63, 3.8) is 0 Å². The van der Waals surface area contributed by atoms with Crippen LogP contribution in [0.4, 0.5) is 0 Å². The first-order valence-electron chi connectivity index (χ1n) is 9.89. The molecule has 0 unspecified atom stereocenters. The summed E-state index contributed by atoms with van der Waals surface area (Å²) in [5.41, 5.74) is 6.94. The summed E-state index contributed by atoms with van der Waals surface area (Å²) < 4.78 is 10.9. The van der Waals surface area contributed by atoms with Crippen molar-refractivity contribution in [2.75, 3.05) is 13.2 Å². The fourth-order valence-corrected chi connectivity index (χ4v) is 2.99. The number of carbonyl (C=O) groups is 1. The fourth-order valence-electron chi connectivity index (χ4n) is 2.99. The minimum atomic E-state index is -0.345. The molecule has 0 aliphatic carbocycles. The number of amides is 1. The monoisotopic (exact) mass is 406 g/mol. The predicted octanol–water partition coefficient (Wildman–Crippen LogP) is 4.34. The molecule has 156 valence electrons. The number of nitrogens with one attached hydrogen (secondary N) is 2. The molecular formula is C23H26N4O3. The van der Waals surface area contributed by atoms with Crippen LogP contribution in [0, 0.1) is 6.92 Å². The number of hydrazone groups is 1. The largest absolute Gasteiger partial charge is 0.494 e. The van der Waals surface area contributed by atoms with Gasteiger partial charge in [0.2, 0.25) is 0 Å². The maximum absolute atomic E-state index is 12.6. The van der Waals surface area contributed by atoms with Crippen LogP contribution in [0.25, 0.3) is 11.3 Å². The summed E-state index contributed by atoms with van der Waals surface area (Å²) in [6.45, 7) is 8.80. The van der Waals surface area contributed by atoms with Crippen molar-refractivity contribution in [1.29, 1.82) is 0 Å². The Morgan fingerprint density at radius 3 is 2.13 bits per heavy atom. The second-order valence-corrected chi connectivity index (χ2v) is 6.63. The second-order valence-electron chi connectivity index (χ2n) is 6.63. The Bertz CT molecular complexity index is 1020. The van der Waals surface area contributed by atoms with E-state index in [1.54, 1.807) is 0 Å². The number of hydrogen-bond donors (Lipinski definition) is 2. The van der Waals surface area contributed by atoms with Crippen LogP contribution in [0.5, 0.6) is 11.5 Å². The van der Waals surface area contributed by atoms with Crippen molar-refractivity contribution in [1.82, 2.24) is 15.6 Å². The highest BCUT2D eigenvalue weighted by molar-refractivity contribution is 6.01. The van der Waals surface area contributed by atoms with Crippen molar-refractivity contribution in [2.24, 2.45) is 5.10 Å². The molecule has 0 bridgehead atoms. The van der Waals surface area contributed by atoms with Gasteiger partial charge in [0.15, 0.2) is 0 Å². The summed E-state index contributed by atoms with van der Waals surface area (Å²) in [5.74, 6) is 1.25. The van der Waals surface area contributed by atoms with Gasteiger partial charge in [-0.05, 0) is 81.8 Å². The van der Waals surface area contributed by atoms with E-state index in [4.69, 9.17) is 9.47 Å². The number of benzene rings is 2. The molecule has 0 aliphatic rings. The standard InChI is InChI=1S/C23H26N4O3/c1-5-29-19-11-7-17(8-12-19)16(4)24-27-23(28)22-15(3)21(25-26-22)18-9-13-20(14-10-18)30-6-2/h7-14H,5-6H2,1-4H3,(H,25,26)(H,27,28). The predicted molar refractivity (Wildman–Crippen MR) is 117 cm³/mol. The lowest BCUT2D eigenvalue weighted by Gasteiger charge is -2.06. The van der Waals surface area contributed by atoms with E-state index in [9.17, 15) is 4.79 Å². The molecule has 3 rings (SSSR count). The van der Waals surface area contributed by atoms with E-state index in [0.29, 0.717) is 24.6 Å². The molecule has 0 saturated heterocycles. The van der Waals surface area contributed by atoms with Crippen LogP contribution in [0.1, 0.15) is 42.4 Å². The maximum atomic E-state index is 12.6. The van der Waals surface area contributed by atoms with Gasteiger partial charge >= 0.3 is 0 Å². The Morgan fingerprint density at radius 1 is 1.00 bits per heavy atom. The third-order valence-electron chi connectivity index (χ3n) is 4.58. The Morgan fingerprint density at radius 2 is 1.57 bits per heavy atom. The molecule has 2 aromatic carbocycles. The quantitative estimate of drug-likeness (QED) is 0.430. The number of rotatable bonds is 8. The van der Waals surface area contributed by atoms with E-state index < -0.39 is 0 Å². The molecule has 7 nitrogen and oxygen atoms in total. The molecule has 0 saturated carbocycles. The van der Waals surface area contributed by atoms with Crippen LogP contribution in [0.3, 0.4) is 0 Å². The van der Waals surface area contributed by atoms with E-state index in [0.717, 1.165) is 33.9 Å². The Kier molecular flexibility index (Phi) is 6.85. The molecule has 0 spiro atoms. The minimum Gasteiger partial charge on any atom is -0.494 e. The van der Waals surface area contributed by atoms with E-state index in [2.05, 4.69) is 20.7 Å². The normalized spacial score (nSPS) is 11.3. The van der Waals surface area contributed by atoms with Gasteiger partial charge < -0.3 is 9.47 Å². The summed E-state index contributed by atoms with van der Waals surface area (Å²) in [7, 11) is 0. The van der Waals surface area contributed by atoms with Crippen LogP contribution < -0.4 is 14.9 Å². The van der Waals surface area contributed by atoms with E-state index >= 15 is 0 Å². The number of nitrogens with zero attached hydrogens (tertiary/aromatic N) is 2. The van der Waals surface area contributed by atoms with E-state index in [1.165, 1.54) is 0 Å². The SMILES string of the molecule is CCOc1ccc(C(C)=NNC(=O)c2[nH]nc(-c3ccc(OCC)cc3)c2C)cc1. The average Bonchev–Trinajstić information content (AvgIpc) is 3.15. The molecule has 1 aromatic heterocycles. The Balaban J connectivity index is 1.70. The minimum absolute atomic E-state index is 0.345. The molecule has 1 amide bonds. The lowest BCUT2D eigenvalue weighted by Crippen LogP contribution is -2.20. The number of H-pyrrole nitrogens is 1. The molecule has 0 aliphatic heterocycles. The lowest BCUT2D eigenvalue weighted by molar-refractivity contribution is 0.0949. The zero-order valence-corrected chi connectivity index (χ0v) is 17.7. The maximum Gasteiger partial charge on any atom is 0.289 e. The number of aromatic amines is 1. The summed E-state index contributed by atoms with van der Waals surface area (Å²) >= 11 is 0. The third kappa shape index (κ3) is 4.86. The van der Waals surface area contributed by atoms with Gasteiger partial charge in [0.05, 0.1) is 24.6 Å². The molecule has 0 radical (unpaired) electrons. The first-order chi connectivity index (χ1) is 14.5. The summed E-state index contributed by atoms with van der Waals surface area (Å²) in [6.07, 6.45) is 0. The highest BCUT2D eigenvalue weighted by atomic mass is 16.5. The zero-order chi connectivity index (χ0) is 21.5. The lowest BCUT2D eigenvalue weighted by atomic mass is 10.1. The van der Waals surface area contributed by atoms with Crippen molar-refractivity contribution in [3.05, 3.63) is 65.4 Å². The van der Waals surface area contributed by atoms with E-state index in [-0.39, 0.29) is 5.91 Å². The molecule has 30 heavy (non-hydrogen) atoms. The molecule has 0 atom stereocenters. The van der Waals surface area contributed by atoms with Gasteiger partial charge in [-0.2, -0.15) is 10.2 Å². The second kappa shape index (κ2) is 9.73. The van der Waals surface area contributed by atoms with Crippen LogP contribution in [0.15, 0.2) is 53.6 Å². The smallest absolute Gasteiger partial charge is 0.289 e. The number of ether oxygens (including phenoxy) is 2. The Hall–Kier alpha value is -3.61. The molecule has 3 aromatic rings. The Labute approximate surface area is 176 Å². The zero-order valence-electron chi connectivity index (χ0n) is 17.7. The van der Waals surface area contributed by atoms with Gasteiger partial charge in [-0.25, -0.2) is 5.43 Å². The van der Waals surface area contributed by atoms with Crippen LogP contribution >= 0.6 is 0 Å². The van der Waals surface area contributed by atoms with Gasteiger partial charge in [0, 0.05) is 11.1 Å².